The van der Waals surface area contributed by atoms with Gasteiger partial charge in [-0.2, -0.15) is 0 Å². The van der Waals surface area contributed by atoms with Gasteiger partial charge in [0.15, 0.2) is 12.4 Å². The van der Waals surface area contributed by atoms with Gasteiger partial charge in [-0.1, -0.05) is 0 Å². The summed E-state index contributed by atoms with van der Waals surface area (Å²) in [6, 6.07) is 10.7. The molecule has 0 spiro atoms. The highest BCUT2D eigenvalue weighted by Gasteiger charge is 2.16. The number of rotatable bonds is 9. The van der Waals surface area contributed by atoms with Crippen molar-refractivity contribution in [3.8, 4) is 17.2 Å². The lowest BCUT2D eigenvalue weighted by atomic mass is 10.2. The summed E-state index contributed by atoms with van der Waals surface area (Å²) in [7, 11) is 2.85. The molecule has 0 heterocycles. The standard InChI is InChI=1S/C18H19N3O7/c1-26-13-4-6-14(7-5-13)28-11-18(23)19-10-17(22)20-12-3-8-16(27-2)15(9-12)21(24)25/h3-9H,10-11H2,1-2H3,(H,19,23)(H,20,22). The van der Waals surface area contributed by atoms with Crippen molar-refractivity contribution in [1.82, 2.24) is 5.32 Å². The van der Waals surface area contributed by atoms with Crippen LogP contribution in [0.4, 0.5) is 11.4 Å². The normalized spacial score (nSPS) is 9.93. The van der Waals surface area contributed by atoms with E-state index in [0.29, 0.717) is 11.5 Å². The first-order valence-corrected chi connectivity index (χ1v) is 8.08. The average molecular weight is 389 g/mol. The van der Waals surface area contributed by atoms with Gasteiger partial charge in [0.25, 0.3) is 5.91 Å². The van der Waals surface area contributed by atoms with E-state index in [1.807, 2.05) is 0 Å². The van der Waals surface area contributed by atoms with E-state index >= 15 is 0 Å². The number of anilines is 1. The fraction of sp³-hybridized carbons (Fsp3) is 0.222. The van der Waals surface area contributed by atoms with Gasteiger partial charge >= 0.3 is 5.69 Å². The maximum atomic E-state index is 11.9. The Morgan fingerprint density at radius 3 is 2.29 bits per heavy atom. The van der Waals surface area contributed by atoms with Crippen LogP contribution in [0.5, 0.6) is 17.2 Å². The zero-order chi connectivity index (χ0) is 20.5. The van der Waals surface area contributed by atoms with Crippen LogP contribution in [0.1, 0.15) is 0 Å². The minimum absolute atomic E-state index is 0.0759. The van der Waals surface area contributed by atoms with Crippen molar-refractivity contribution in [2.24, 2.45) is 0 Å². The lowest BCUT2D eigenvalue weighted by Gasteiger charge is -2.09. The van der Waals surface area contributed by atoms with Crippen molar-refractivity contribution in [3.05, 3.63) is 52.6 Å². The highest BCUT2D eigenvalue weighted by atomic mass is 16.6. The second-order valence-corrected chi connectivity index (χ2v) is 5.43. The zero-order valence-corrected chi connectivity index (χ0v) is 15.3. The molecule has 0 aromatic heterocycles. The molecular formula is C18H19N3O7. The number of amides is 2. The number of nitro groups is 1. The third-order valence-corrected chi connectivity index (χ3v) is 3.53. The quantitative estimate of drug-likeness (QED) is 0.494. The minimum atomic E-state index is -0.618. The molecule has 2 N–H and O–H groups in total. The molecular weight excluding hydrogens is 370 g/mol. The molecule has 0 saturated heterocycles. The lowest BCUT2D eigenvalue weighted by Crippen LogP contribution is -2.35. The smallest absolute Gasteiger partial charge is 0.312 e. The van der Waals surface area contributed by atoms with E-state index in [4.69, 9.17) is 14.2 Å². The molecule has 0 aliphatic carbocycles. The molecule has 0 bridgehead atoms. The van der Waals surface area contributed by atoms with Crippen molar-refractivity contribution < 1.29 is 28.7 Å². The number of nitrogens with one attached hydrogen (secondary N) is 2. The fourth-order valence-electron chi connectivity index (χ4n) is 2.17. The van der Waals surface area contributed by atoms with E-state index in [1.165, 1.54) is 25.3 Å². The van der Waals surface area contributed by atoms with Crippen LogP contribution in [0.3, 0.4) is 0 Å². The molecule has 0 unspecified atom stereocenters. The average Bonchev–Trinajstić information content (AvgIpc) is 2.71. The Balaban J connectivity index is 1.80. The van der Waals surface area contributed by atoms with Gasteiger partial charge in [0.1, 0.15) is 11.5 Å². The number of hydrogen-bond donors (Lipinski definition) is 2. The van der Waals surface area contributed by atoms with Crippen LogP contribution in [0.2, 0.25) is 0 Å². The highest BCUT2D eigenvalue weighted by Crippen LogP contribution is 2.29. The van der Waals surface area contributed by atoms with Crippen LogP contribution >= 0.6 is 0 Å². The van der Waals surface area contributed by atoms with Crippen molar-refractivity contribution in [2.45, 2.75) is 0 Å². The van der Waals surface area contributed by atoms with Crippen molar-refractivity contribution in [1.29, 1.82) is 0 Å². The number of benzene rings is 2. The summed E-state index contributed by atoms with van der Waals surface area (Å²) in [5.74, 6) is 0.175. The minimum Gasteiger partial charge on any atom is -0.497 e. The van der Waals surface area contributed by atoms with Crippen LogP contribution in [-0.2, 0) is 9.59 Å². The summed E-state index contributed by atoms with van der Waals surface area (Å²) >= 11 is 0. The van der Waals surface area contributed by atoms with E-state index in [-0.39, 0.29) is 30.3 Å². The molecule has 28 heavy (non-hydrogen) atoms. The van der Waals surface area contributed by atoms with Gasteiger partial charge in [0, 0.05) is 11.8 Å². The summed E-state index contributed by atoms with van der Waals surface area (Å²) in [6.45, 7) is -0.585. The Kier molecular flexibility index (Phi) is 7.14. The number of nitrogens with zero attached hydrogens (tertiary/aromatic N) is 1. The van der Waals surface area contributed by atoms with E-state index in [1.54, 1.807) is 31.4 Å². The number of nitro benzene ring substituents is 1. The van der Waals surface area contributed by atoms with Gasteiger partial charge in [-0.15, -0.1) is 0 Å². The molecule has 0 atom stereocenters. The number of hydrogen-bond acceptors (Lipinski definition) is 7. The van der Waals surface area contributed by atoms with Crippen LogP contribution in [0, 0.1) is 10.1 Å². The molecule has 2 rings (SSSR count). The second kappa shape index (κ2) is 9.76. The van der Waals surface area contributed by atoms with Gasteiger partial charge in [0.2, 0.25) is 5.91 Å². The Morgan fingerprint density at radius 2 is 1.68 bits per heavy atom. The predicted molar refractivity (Wildman–Crippen MR) is 99.8 cm³/mol. The Hall–Kier alpha value is -3.82. The maximum Gasteiger partial charge on any atom is 0.312 e. The molecule has 2 aromatic carbocycles. The SMILES string of the molecule is COc1ccc(OCC(=O)NCC(=O)Nc2ccc(OC)c([N+](=O)[O-])c2)cc1. The summed E-state index contributed by atoms with van der Waals surface area (Å²) in [5, 5.41) is 15.9. The van der Waals surface area contributed by atoms with Crippen molar-refractivity contribution in [3.63, 3.8) is 0 Å². The van der Waals surface area contributed by atoms with Gasteiger partial charge in [-0.05, 0) is 36.4 Å². The fourth-order valence-corrected chi connectivity index (χ4v) is 2.17. The molecule has 2 amide bonds. The molecule has 0 aliphatic rings. The number of methoxy groups -OCH3 is 2. The zero-order valence-electron chi connectivity index (χ0n) is 15.3. The topological polar surface area (TPSA) is 129 Å². The Morgan fingerprint density at radius 1 is 1.00 bits per heavy atom. The molecule has 0 saturated carbocycles. The molecule has 10 heteroatoms. The van der Waals surface area contributed by atoms with Gasteiger partial charge in [-0.3, -0.25) is 19.7 Å². The summed E-state index contributed by atoms with van der Waals surface area (Å²) < 4.78 is 15.2. The van der Waals surface area contributed by atoms with Crippen LogP contribution in [0.15, 0.2) is 42.5 Å². The van der Waals surface area contributed by atoms with Crippen LogP contribution < -0.4 is 24.8 Å². The van der Waals surface area contributed by atoms with E-state index in [0.717, 1.165) is 0 Å². The highest BCUT2D eigenvalue weighted by molar-refractivity contribution is 5.95. The molecule has 0 radical (unpaired) electrons. The first-order valence-electron chi connectivity index (χ1n) is 8.08. The largest absolute Gasteiger partial charge is 0.497 e. The molecule has 10 nitrogen and oxygen atoms in total. The first kappa shape index (κ1) is 20.5. The van der Waals surface area contributed by atoms with Crippen molar-refractivity contribution in [2.75, 3.05) is 32.7 Å². The first-order chi connectivity index (χ1) is 13.4. The molecule has 2 aromatic rings. The maximum absolute atomic E-state index is 11.9. The Labute approximate surface area is 160 Å². The Bertz CT molecular complexity index is 853. The van der Waals surface area contributed by atoms with Gasteiger partial charge < -0.3 is 24.8 Å². The van der Waals surface area contributed by atoms with Gasteiger partial charge in [-0.25, -0.2) is 0 Å². The number of carbonyl (C=O) groups excluding carboxylic acids is 2. The third-order valence-electron chi connectivity index (χ3n) is 3.53. The predicted octanol–water partition coefficient (Wildman–Crippen LogP) is 1.75. The number of ether oxygens (including phenoxy) is 3. The van der Waals surface area contributed by atoms with Crippen LogP contribution in [-0.4, -0.2) is 44.1 Å². The van der Waals surface area contributed by atoms with E-state index in [9.17, 15) is 19.7 Å². The second-order valence-electron chi connectivity index (χ2n) is 5.43. The summed E-state index contributed by atoms with van der Waals surface area (Å²) in [5.41, 5.74) is -0.0709. The molecule has 0 aliphatic heterocycles. The third kappa shape index (κ3) is 5.87. The lowest BCUT2D eigenvalue weighted by molar-refractivity contribution is -0.385. The molecule has 0 fully saturated rings. The van der Waals surface area contributed by atoms with E-state index in [2.05, 4.69) is 10.6 Å². The van der Waals surface area contributed by atoms with E-state index < -0.39 is 16.7 Å². The monoisotopic (exact) mass is 389 g/mol. The molecule has 148 valence electrons. The van der Waals surface area contributed by atoms with Crippen molar-refractivity contribution >= 4 is 23.2 Å². The van der Waals surface area contributed by atoms with Gasteiger partial charge in [0.05, 0.1) is 25.7 Å². The summed E-state index contributed by atoms with van der Waals surface area (Å²) in [6.07, 6.45) is 0. The number of carbonyl (C=O) groups is 2. The summed E-state index contributed by atoms with van der Waals surface area (Å²) in [4.78, 5) is 34.1. The van der Waals surface area contributed by atoms with Crippen LogP contribution in [0.25, 0.3) is 0 Å².